The first-order valence-corrected chi connectivity index (χ1v) is 27.4. The lowest BCUT2D eigenvalue weighted by Gasteiger charge is -2.35. The molecule has 1 aliphatic carbocycles. The van der Waals surface area contributed by atoms with Gasteiger partial charge in [0.1, 0.15) is 12.6 Å². The van der Waals surface area contributed by atoms with Gasteiger partial charge >= 0.3 is 6.09 Å². The Labute approximate surface area is 461 Å². The third-order valence-corrected chi connectivity index (χ3v) is 15.1. The number of ether oxygens (including phenoxy) is 1. The summed E-state index contributed by atoms with van der Waals surface area (Å²) in [6, 6.07) is 31.9. The molecule has 19 heteroatoms. The highest BCUT2D eigenvalue weighted by molar-refractivity contribution is 5.87. The van der Waals surface area contributed by atoms with E-state index in [4.69, 9.17) is 15.7 Å². The van der Waals surface area contributed by atoms with Crippen LogP contribution in [-0.4, -0.2) is 132 Å². The van der Waals surface area contributed by atoms with Crippen molar-refractivity contribution in [2.75, 3.05) is 59.0 Å². The summed E-state index contributed by atoms with van der Waals surface area (Å²) in [5, 5.41) is 16.6. The normalized spacial score (nSPS) is 17.9. The van der Waals surface area contributed by atoms with E-state index in [0.29, 0.717) is 58.7 Å². The van der Waals surface area contributed by atoms with E-state index in [1.165, 1.54) is 57.0 Å². The number of nitrogens with two attached hydrogens (primary N) is 1. The van der Waals surface area contributed by atoms with E-state index in [-0.39, 0.29) is 48.4 Å². The van der Waals surface area contributed by atoms with Crippen molar-refractivity contribution in [2.24, 2.45) is 11.7 Å². The molecule has 0 saturated carbocycles. The number of alkyl halides is 2. The summed E-state index contributed by atoms with van der Waals surface area (Å²) >= 11 is 0. The Kier molecular flexibility index (Phi) is 21.1. The van der Waals surface area contributed by atoms with Crippen molar-refractivity contribution in [3.8, 4) is 17.2 Å². The minimum absolute atomic E-state index is 0.00556. The zero-order valence-electron chi connectivity index (χ0n) is 45.3. The molecule has 420 valence electrons. The zero-order valence-corrected chi connectivity index (χ0v) is 45.3. The van der Waals surface area contributed by atoms with Crippen LogP contribution in [0.2, 0.25) is 0 Å². The third-order valence-electron chi connectivity index (χ3n) is 15.1. The molecule has 17 nitrogen and oxygen atoms in total. The van der Waals surface area contributed by atoms with Crippen molar-refractivity contribution >= 4 is 41.5 Å². The number of hydrogen-bond acceptors (Lipinski definition) is 10. The van der Waals surface area contributed by atoms with Gasteiger partial charge in [0.05, 0.1) is 19.2 Å². The van der Waals surface area contributed by atoms with E-state index in [1.807, 2.05) is 41.0 Å². The molecule has 3 saturated heterocycles. The molecule has 4 aromatic rings. The predicted molar refractivity (Wildman–Crippen MR) is 292 cm³/mol. The molecule has 4 heterocycles. The van der Waals surface area contributed by atoms with Crippen LogP contribution < -0.4 is 21.7 Å². The van der Waals surface area contributed by atoms with Gasteiger partial charge in [-0.2, -0.15) is 5.26 Å². The number of likely N-dealkylation sites (tertiary alicyclic amines) is 1. The van der Waals surface area contributed by atoms with Crippen LogP contribution in [0.4, 0.5) is 13.6 Å². The molecule has 2 unspecified atom stereocenters. The van der Waals surface area contributed by atoms with E-state index >= 15 is 0 Å². The monoisotopic (exact) mass is 1090 g/mol. The Morgan fingerprint density at radius 1 is 0.810 bits per heavy atom. The maximum absolute atomic E-state index is 13.0. The molecule has 0 aromatic heterocycles. The van der Waals surface area contributed by atoms with Gasteiger partial charge < -0.3 is 41.1 Å². The second-order valence-corrected chi connectivity index (χ2v) is 20.9. The number of halogens is 2. The highest BCUT2D eigenvalue weighted by Gasteiger charge is 2.46. The molecule has 0 spiro atoms. The average Bonchev–Trinajstić information content (AvgIpc) is 4.37. The standard InChI is InChI=1S/C40H47N5O5.C13H18N2O2.C7H8F2N2O/c46-37(15-2-1-7-17-42-40(49)50-27-36-33-13-5-3-11-31(33)32-12-4-6-14-34(32)36)44-21-19-43(20-22-44)24-29-9-8-10-30-25-45(26-35(29)30)38(47)23-28-16-18-41-39(28)48;1-10-5-7-11(8-6-10)3-2-4-13(17)15-9-12(14)16;1-5(12)11-4-7(8,9)2-6(11)3-10/h3-6,8-14,28,36H,1-2,7,15-27H2,(H,41,48)(H,42,49);5-8H,2-4,9H2,1H3,(H2,14,16)(H,15,17);6H,2,4H2,1H3. The number of carbonyl (C=O) groups excluding carboxylic acids is 7. The summed E-state index contributed by atoms with van der Waals surface area (Å²) in [4.78, 5) is 89.9. The molecule has 7 amide bonds. The van der Waals surface area contributed by atoms with Gasteiger partial charge in [0, 0.05) is 103 Å². The number of hydrogen-bond donors (Lipinski definition) is 4. The Morgan fingerprint density at radius 3 is 2.14 bits per heavy atom. The fourth-order valence-corrected chi connectivity index (χ4v) is 10.7. The largest absolute Gasteiger partial charge is 0.449 e. The molecule has 79 heavy (non-hydrogen) atoms. The minimum Gasteiger partial charge on any atom is -0.449 e. The number of alkyl carbamates (subject to hydrolysis) is 1. The molecule has 5 N–H and O–H groups in total. The Morgan fingerprint density at radius 2 is 1.51 bits per heavy atom. The lowest BCUT2D eigenvalue weighted by Crippen LogP contribution is -2.48. The number of rotatable bonds is 18. The number of nitrogens with zero attached hydrogens (tertiary/aromatic N) is 5. The zero-order chi connectivity index (χ0) is 56.5. The Bertz CT molecular complexity index is 2810. The van der Waals surface area contributed by atoms with Gasteiger partial charge in [-0.05, 0) is 83.5 Å². The quantitative estimate of drug-likeness (QED) is 0.0793. The minimum atomic E-state index is -2.90. The van der Waals surface area contributed by atoms with Crippen LogP contribution in [0.5, 0.6) is 0 Å². The molecule has 4 aliphatic heterocycles. The average molecular weight is 1090 g/mol. The topological polar surface area (TPSA) is 228 Å². The number of nitriles is 1. The number of benzene rings is 4. The van der Waals surface area contributed by atoms with Crippen LogP contribution in [-0.2, 0) is 59.6 Å². The van der Waals surface area contributed by atoms with Crippen molar-refractivity contribution < 1.29 is 47.1 Å². The first-order valence-electron chi connectivity index (χ1n) is 27.4. The van der Waals surface area contributed by atoms with Crippen molar-refractivity contribution in [1.82, 2.24) is 35.6 Å². The van der Waals surface area contributed by atoms with Gasteiger partial charge in [-0.25, -0.2) is 13.6 Å². The number of aryl methyl sites for hydroxylation is 2. The fourth-order valence-electron chi connectivity index (χ4n) is 10.7. The van der Waals surface area contributed by atoms with Gasteiger partial charge in [-0.1, -0.05) is 103 Å². The molecule has 9 rings (SSSR count). The summed E-state index contributed by atoms with van der Waals surface area (Å²) in [6.07, 6.45) is 5.10. The number of primary amides is 1. The molecular weight excluding hydrogens is 1010 g/mol. The second-order valence-electron chi connectivity index (χ2n) is 20.9. The molecule has 2 atom stereocenters. The molecule has 4 aromatic carbocycles. The number of carbonyl (C=O) groups is 7. The lowest BCUT2D eigenvalue weighted by atomic mass is 9.98. The fraction of sp³-hybridized carbons (Fsp3) is 0.467. The van der Waals surface area contributed by atoms with Crippen LogP contribution in [0, 0.1) is 24.2 Å². The van der Waals surface area contributed by atoms with Crippen LogP contribution in [0.3, 0.4) is 0 Å². The van der Waals surface area contributed by atoms with Gasteiger partial charge in [0.15, 0.2) is 0 Å². The summed E-state index contributed by atoms with van der Waals surface area (Å²) < 4.78 is 30.9. The third kappa shape index (κ3) is 16.9. The molecule has 3 fully saturated rings. The van der Waals surface area contributed by atoms with Crippen LogP contribution in [0.1, 0.15) is 110 Å². The number of amides is 7. The van der Waals surface area contributed by atoms with Gasteiger partial charge in [-0.15, -0.1) is 0 Å². The van der Waals surface area contributed by atoms with E-state index < -0.39 is 42.8 Å². The first kappa shape index (κ1) is 59.0. The first-order chi connectivity index (χ1) is 38.0. The molecule has 5 aliphatic rings. The van der Waals surface area contributed by atoms with Crippen molar-refractivity contribution in [1.29, 1.82) is 5.26 Å². The summed E-state index contributed by atoms with van der Waals surface area (Å²) in [7, 11) is 0. The van der Waals surface area contributed by atoms with Gasteiger partial charge in [-0.3, -0.25) is 33.7 Å². The second kappa shape index (κ2) is 28.2. The number of nitrogens with one attached hydrogen (secondary N) is 3. The lowest BCUT2D eigenvalue weighted by molar-refractivity contribution is -0.135. The summed E-state index contributed by atoms with van der Waals surface area (Å²) in [6.45, 7) is 9.07. The van der Waals surface area contributed by atoms with E-state index in [0.717, 1.165) is 63.1 Å². The smallest absolute Gasteiger partial charge is 0.407 e. The Hall–Kier alpha value is -7.72. The summed E-state index contributed by atoms with van der Waals surface area (Å²) in [5.41, 5.74) is 15.8. The molecular formula is C60H73F2N9O8. The van der Waals surface area contributed by atoms with Crippen molar-refractivity contribution in [2.45, 2.75) is 116 Å². The van der Waals surface area contributed by atoms with E-state index in [2.05, 4.69) is 87.6 Å². The highest BCUT2D eigenvalue weighted by Crippen LogP contribution is 2.44. The summed E-state index contributed by atoms with van der Waals surface area (Å²) in [5.74, 6) is -3.94. The van der Waals surface area contributed by atoms with Gasteiger partial charge in [0.2, 0.25) is 35.4 Å². The number of piperazine rings is 1. The van der Waals surface area contributed by atoms with Crippen molar-refractivity contribution in [3.63, 3.8) is 0 Å². The van der Waals surface area contributed by atoms with Crippen LogP contribution in [0.15, 0.2) is 91.0 Å². The Balaban J connectivity index is 0.000000253. The van der Waals surface area contributed by atoms with E-state index in [9.17, 15) is 42.3 Å². The van der Waals surface area contributed by atoms with Crippen LogP contribution in [0.25, 0.3) is 11.1 Å². The predicted octanol–water partition coefficient (Wildman–Crippen LogP) is 6.48. The van der Waals surface area contributed by atoms with Crippen molar-refractivity contribution in [3.05, 3.63) is 130 Å². The van der Waals surface area contributed by atoms with E-state index in [1.54, 1.807) is 6.07 Å². The maximum atomic E-state index is 13.0. The maximum Gasteiger partial charge on any atom is 0.407 e. The molecule has 0 radical (unpaired) electrons. The van der Waals surface area contributed by atoms with Gasteiger partial charge in [0.25, 0.3) is 5.92 Å². The highest BCUT2D eigenvalue weighted by atomic mass is 19.3. The SMILES string of the molecule is CC(=O)N1CC(F)(F)CC1C#N.Cc1ccc(CCCC(=O)NCC(N)=O)cc1.O=C(NCCCCCC(=O)N1CCN(Cc2cccc3c2CN(C(=O)CC2CCNC2=O)C3)CC1)OCC1c2ccccc2-c2ccccc21. The number of unbranched alkanes of at least 4 members (excludes halogenated alkanes) is 2. The number of fused-ring (bicyclic) bond motifs is 4. The molecule has 0 bridgehead atoms. The van der Waals surface area contributed by atoms with Crippen LogP contribution >= 0.6 is 0 Å².